The maximum Gasteiger partial charge on any atom is 0.463 e. The van der Waals surface area contributed by atoms with Crippen molar-refractivity contribution in [1.82, 2.24) is 0 Å². The van der Waals surface area contributed by atoms with Gasteiger partial charge in [0.1, 0.15) is 0 Å². The molecular formula is C10H9F5N2O. The molecule has 1 amide bonds. The molecule has 1 aromatic carbocycles. The van der Waals surface area contributed by atoms with E-state index in [1.54, 1.807) is 0 Å². The lowest BCUT2D eigenvalue weighted by Crippen LogP contribution is -2.47. The van der Waals surface area contributed by atoms with E-state index in [4.69, 9.17) is 5.73 Å². The van der Waals surface area contributed by atoms with Crippen LogP contribution < -0.4 is 11.1 Å². The number of alkyl halides is 5. The lowest BCUT2D eigenvalue weighted by molar-refractivity contribution is -0.267. The molecule has 8 heteroatoms. The molecule has 0 aliphatic carbocycles. The third kappa shape index (κ3) is 2.69. The number of rotatable bonds is 2. The topological polar surface area (TPSA) is 55.1 Å². The number of hydrogen-bond donors (Lipinski definition) is 2. The first-order valence-electron chi connectivity index (χ1n) is 4.68. The molecule has 1 aromatic rings. The molecule has 0 unspecified atom stereocenters. The molecule has 0 fully saturated rings. The van der Waals surface area contributed by atoms with Gasteiger partial charge in [0.25, 0.3) is 0 Å². The van der Waals surface area contributed by atoms with E-state index in [9.17, 15) is 26.7 Å². The van der Waals surface area contributed by atoms with E-state index >= 15 is 0 Å². The van der Waals surface area contributed by atoms with Gasteiger partial charge < -0.3 is 11.1 Å². The third-order valence-corrected chi connectivity index (χ3v) is 2.15. The molecule has 0 aromatic heterocycles. The molecule has 0 aliphatic heterocycles. The standard InChI is InChI=1S/C10H9F5N2O/c1-5-2-3-6(16)4-7(5)17-8(18)9(11,12)10(13,14)15/h2-4H,16H2,1H3,(H,17,18). The van der Waals surface area contributed by atoms with Crippen molar-refractivity contribution in [3.05, 3.63) is 23.8 Å². The molecule has 3 nitrogen and oxygen atoms in total. The van der Waals surface area contributed by atoms with Crippen LogP contribution in [-0.4, -0.2) is 18.0 Å². The van der Waals surface area contributed by atoms with Gasteiger partial charge in [0.05, 0.1) is 0 Å². The first kappa shape index (κ1) is 14.2. The van der Waals surface area contributed by atoms with Crippen LogP contribution in [0, 0.1) is 6.92 Å². The molecule has 0 atom stereocenters. The summed E-state index contributed by atoms with van der Waals surface area (Å²) in [7, 11) is 0. The lowest BCUT2D eigenvalue weighted by Gasteiger charge is -2.19. The summed E-state index contributed by atoms with van der Waals surface area (Å²) in [4.78, 5) is 10.9. The van der Waals surface area contributed by atoms with E-state index in [0.717, 1.165) is 6.07 Å². The molecule has 0 heterocycles. The molecule has 0 saturated carbocycles. The zero-order valence-electron chi connectivity index (χ0n) is 9.11. The van der Waals surface area contributed by atoms with Crippen molar-refractivity contribution >= 4 is 17.3 Å². The van der Waals surface area contributed by atoms with Crippen LogP contribution in [-0.2, 0) is 4.79 Å². The monoisotopic (exact) mass is 268 g/mol. The van der Waals surface area contributed by atoms with Gasteiger partial charge in [0.15, 0.2) is 0 Å². The van der Waals surface area contributed by atoms with E-state index in [0.29, 0.717) is 5.56 Å². The Morgan fingerprint density at radius 3 is 2.28 bits per heavy atom. The van der Waals surface area contributed by atoms with Gasteiger partial charge in [-0.2, -0.15) is 22.0 Å². The summed E-state index contributed by atoms with van der Waals surface area (Å²) in [6.45, 7) is 1.43. The number of carbonyl (C=O) groups is 1. The minimum absolute atomic E-state index is 0.131. The van der Waals surface area contributed by atoms with Gasteiger partial charge in [0.2, 0.25) is 0 Å². The molecule has 0 saturated heterocycles. The largest absolute Gasteiger partial charge is 0.463 e. The highest BCUT2D eigenvalue weighted by molar-refractivity contribution is 5.97. The Morgan fingerprint density at radius 1 is 1.22 bits per heavy atom. The summed E-state index contributed by atoms with van der Waals surface area (Å²) in [6.07, 6.45) is -5.94. The van der Waals surface area contributed by atoms with Crippen molar-refractivity contribution in [2.24, 2.45) is 0 Å². The van der Waals surface area contributed by atoms with E-state index in [2.05, 4.69) is 0 Å². The molecule has 18 heavy (non-hydrogen) atoms. The Hall–Kier alpha value is -1.86. The number of hydrogen-bond acceptors (Lipinski definition) is 2. The fourth-order valence-electron chi connectivity index (χ4n) is 1.10. The van der Waals surface area contributed by atoms with Crippen LogP contribution >= 0.6 is 0 Å². The predicted molar refractivity (Wildman–Crippen MR) is 55.2 cm³/mol. The van der Waals surface area contributed by atoms with Gasteiger partial charge in [-0.25, -0.2) is 0 Å². The third-order valence-electron chi connectivity index (χ3n) is 2.15. The second kappa shape index (κ2) is 4.43. The second-order valence-corrected chi connectivity index (χ2v) is 3.60. The number of nitrogen functional groups attached to an aromatic ring is 1. The molecule has 0 radical (unpaired) electrons. The smallest absolute Gasteiger partial charge is 0.399 e. The SMILES string of the molecule is Cc1ccc(N)cc1NC(=O)C(F)(F)C(F)(F)F. The van der Waals surface area contributed by atoms with Crippen LogP contribution in [0.1, 0.15) is 5.56 Å². The molecule has 3 N–H and O–H groups in total. The van der Waals surface area contributed by atoms with Crippen molar-refractivity contribution < 1.29 is 26.7 Å². The Kier molecular flexibility index (Phi) is 3.50. The number of halogens is 5. The van der Waals surface area contributed by atoms with Crippen LogP contribution in [0.15, 0.2) is 18.2 Å². The lowest BCUT2D eigenvalue weighted by atomic mass is 10.1. The molecular weight excluding hydrogens is 259 g/mol. The zero-order chi connectivity index (χ0) is 14.1. The molecule has 0 aliphatic rings. The molecule has 0 spiro atoms. The minimum Gasteiger partial charge on any atom is -0.399 e. The van der Waals surface area contributed by atoms with E-state index in [1.807, 2.05) is 0 Å². The highest BCUT2D eigenvalue weighted by Gasteiger charge is 2.63. The molecule has 0 bridgehead atoms. The van der Waals surface area contributed by atoms with Crippen LogP contribution in [0.4, 0.5) is 33.3 Å². The first-order chi connectivity index (χ1) is 8.05. The number of aryl methyl sites for hydroxylation is 1. The fourth-order valence-corrected chi connectivity index (χ4v) is 1.10. The summed E-state index contributed by atoms with van der Waals surface area (Å²) < 4.78 is 61.1. The quantitative estimate of drug-likeness (QED) is 0.640. The number of anilines is 2. The Morgan fingerprint density at radius 2 is 1.78 bits per heavy atom. The van der Waals surface area contributed by atoms with Crippen LogP contribution in [0.3, 0.4) is 0 Å². The zero-order valence-corrected chi connectivity index (χ0v) is 9.11. The maximum absolute atomic E-state index is 12.7. The van der Waals surface area contributed by atoms with Crippen LogP contribution in [0.25, 0.3) is 0 Å². The van der Waals surface area contributed by atoms with Crippen LogP contribution in [0.5, 0.6) is 0 Å². The van der Waals surface area contributed by atoms with Crippen molar-refractivity contribution in [2.45, 2.75) is 19.0 Å². The molecule has 1 rings (SSSR count). The van der Waals surface area contributed by atoms with Gasteiger partial charge in [0, 0.05) is 11.4 Å². The number of amides is 1. The van der Waals surface area contributed by atoms with Gasteiger partial charge >= 0.3 is 18.0 Å². The van der Waals surface area contributed by atoms with Crippen molar-refractivity contribution in [2.75, 3.05) is 11.1 Å². The van der Waals surface area contributed by atoms with E-state index < -0.39 is 18.0 Å². The number of carbonyl (C=O) groups excluding carboxylic acids is 1. The van der Waals surface area contributed by atoms with Gasteiger partial charge in [-0.3, -0.25) is 4.79 Å². The average molecular weight is 268 g/mol. The normalized spacial score (nSPS) is 12.3. The summed E-state index contributed by atoms with van der Waals surface area (Å²) in [5.41, 5.74) is 5.59. The number of nitrogens with two attached hydrogens (primary N) is 1. The van der Waals surface area contributed by atoms with Crippen molar-refractivity contribution in [3.8, 4) is 0 Å². The maximum atomic E-state index is 12.7. The summed E-state index contributed by atoms with van der Waals surface area (Å²) in [5.74, 6) is -7.90. The highest BCUT2D eigenvalue weighted by Crippen LogP contribution is 2.36. The van der Waals surface area contributed by atoms with E-state index in [-0.39, 0.29) is 11.4 Å². The summed E-state index contributed by atoms with van der Waals surface area (Å²) in [5, 5.41) is 1.51. The summed E-state index contributed by atoms with van der Waals surface area (Å²) in [6, 6.07) is 3.91. The fraction of sp³-hybridized carbons (Fsp3) is 0.300. The van der Waals surface area contributed by atoms with Crippen molar-refractivity contribution in [1.29, 1.82) is 0 Å². The highest BCUT2D eigenvalue weighted by atomic mass is 19.4. The number of nitrogens with one attached hydrogen (secondary N) is 1. The number of benzene rings is 1. The second-order valence-electron chi connectivity index (χ2n) is 3.60. The Bertz CT molecular complexity index is 470. The van der Waals surface area contributed by atoms with Gasteiger partial charge in [-0.1, -0.05) is 6.07 Å². The Balaban J connectivity index is 2.98. The van der Waals surface area contributed by atoms with E-state index in [1.165, 1.54) is 24.4 Å². The van der Waals surface area contributed by atoms with Crippen LogP contribution in [0.2, 0.25) is 0 Å². The minimum atomic E-state index is -5.94. The first-order valence-corrected chi connectivity index (χ1v) is 4.68. The average Bonchev–Trinajstić information content (AvgIpc) is 2.21. The molecule has 100 valence electrons. The Labute approximate surface area is 98.8 Å². The summed E-state index contributed by atoms with van der Waals surface area (Å²) >= 11 is 0. The predicted octanol–water partition coefficient (Wildman–Crippen LogP) is 2.71. The van der Waals surface area contributed by atoms with Crippen molar-refractivity contribution in [3.63, 3.8) is 0 Å². The van der Waals surface area contributed by atoms with Gasteiger partial charge in [-0.05, 0) is 24.6 Å². The van der Waals surface area contributed by atoms with Gasteiger partial charge in [-0.15, -0.1) is 0 Å².